The van der Waals surface area contributed by atoms with Gasteiger partial charge in [-0.1, -0.05) is 25.4 Å². The van der Waals surface area contributed by atoms with E-state index in [1.165, 1.54) is 0 Å². The standard InChI is InChI=1S/C15H26N2O3/c1-7-9(2)15(6,19)8-16-14(18)10(3)13-11(4)17-20-12(13)5/h9-10,19H,7-8H2,1-6H3,(H,16,18). The van der Waals surface area contributed by atoms with E-state index >= 15 is 0 Å². The minimum atomic E-state index is -0.900. The van der Waals surface area contributed by atoms with Gasteiger partial charge in [0, 0.05) is 12.1 Å². The molecule has 114 valence electrons. The number of aliphatic hydroxyl groups is 1. The zero-order chi connectivity index (χ0) is 15.5. The first kappa shape index (κ1) is 16.7. The number of carbonyl (C=O) groups is 1. The molecule has 3 unspecified atom stereocenters. The zero-order valence-electron chi connectivity index (χ0n) is 13.3. The molecule has 20 heavy (non-hydrogen) atoms. The van der Waals surface area contributed by atoms with E-state index in [9.17, 15) is 9.90 Å². The Morgan fingerprint density at radius 1 is 1.45 bits per heavy atom. The Balaban J connectivity index is 2.68. The SMILES string of the molecule is CCC(C)C(C)(O)CNC(=O)C(C)c1c(C)noc1C. The first-order valence-electron chi connectivity index (χ1n) is 7.13. The number of hydrogen-bond acceptors (Lipinski definition) is 4. The molecule has 5 nitrogen and oxygen atoms in total. The molecule has 0 aliphatic heterocycles. The highest BCUT2D eigenvalue weighted by atomic mass is 16.5. The van der Waals surface area contributed by atoms with Gasteiger partial charge in [0.05, 0.1) is 17.2 Å². The van der Waals surface area contributed by atoms with E-state index in [2.05, 4.69) is 10.5 Å². The maximum atomic E-state index is 12.2. The average Bonchev–Trinajstić information content (AvgIpc) is 2.73. The fraction of sp³-hybridized carbons (Fsp3) is 0.733. The van der Waals surface area contributed by atoms with Gasteiger partial charge in [-0.3, -0.25) is 4.79 Å². The quantitative estimate of drug-likeness (QED) is 0.839. The van der Waals surface area contributed by atoms with Crippen molar-refractivity contribution in [3.05, 3.63) is 17.0 Å². The zero-order valence-corrected chi connectivity index (χ0v) is 13.3. The number of carbonyl (C=O) groups excluding carboxylic acids is 1. The predicted octanol–water partition coefficient (Wildman–Crippen LogP) is 2.31. The van der Waals surface area contributed by atoms with Crippen molar-refractivity contribution in [1.29, 1.82) is 0 Å². The van der Waals surface area contributed by atoms with Gasteiger partial charge in [0.2, 0.25) is 5.91 Å². The molecule has 2 N–H and O–H groups in total. The third kappa shape index (κ3) is 3.60. The predicted molar refractivity (Wildman–Crippen MR) is 77.5 cm³/mol. The molecule has 0 radical (unpaired) electrons. The topological polar surface area (TPSA) is 75.4 Å². The van der Waals surface area contributed by atoms with Gasteiger partial charge in [0.15, 0.2) is 0 Å². The van der Waals surface area contributed by atoms with Crippen LogP contribution in [0.25, 0.3) is 0 Å². The van der Waals surface area contributed by atoms with E-state index < -0.39 is 5.60 Å². The highest BCUT2D eigenvalue weighted by molar-refractivity contribution is 5.83. The lowest BCUT2D eigenvalue weighted by molar-refractivity contribution is -0.123. The normalized spacial score (nSPS) is 17.4. The largest absolute Gasteiger partial charge is 0.388 e. The Labute approximate surface area is 120 Å². The van der Waals surface area contributed by atoms with Crippen molar-refractivity contribution in [2.24, 2.45) is 5.92 Å². The number of rotatable bonds is 6. The summed E-state index contributed by atoms with van der Waals surface area (Å²) in [5.74, 6) is 0.327. The fourth-order valence-electron chi connectivity index (χ4n) is 2.27. The van der Waals surface area contributed by atoms with E-state index in [-0.39, 0.29) is 24.3 Å². The van der Waals surface area contributed by atoms with Crippen LogP contribution in [-0.4, -0.2) is 28.3 Å². The molecule has 0 saturated carbocycles. The van der Waals surface area contributed by atoms with Crippen LogP contribution < -0.4 is 5.32 Å². The van der Waals surface area contributed by atoms with Gasteiger partial charge in [-0.25, -0.2) is 0 Å². The van der Waals surface area contributed by atoms with Gasteiger partial charge in [0.25, 0.3) is 0 Å². The van der Waals surface area contributed by atoms with E-state index in [1.54, 1.807) is 13.8 Å². The molecule has 5 heteroatoms. The Bertz CT molecular complexity index is 446. The van der Waals surface area contributed by atoms with Gasteiger partial charge in [-0.2, -0.15) is 0 Å². The number of amides is 1. The highest BCUT2D eigenvalue weighted by Gasteiger charge is 2.29. The van der Waals surface area contributed by atoms with Gasteiger partial charge >= 0.3 is 0 Å². The first-order chi connectivity index (χ1) is 9.20. The van der Waals surface area contributed by atoms with Crippen molar-refractivity contribution in [3.63, 3.8) is 0 Å². The summed E-state index contributed by atoms with van der Waals surface area (Å²) in [6.07, 6.45) is 0.863. The number of nitrogens with zero attached hydrogens (tertiary/aromatic N) is 1. The summed E-state index contributed by atoms with van der Waals surface area (Å²) in [6, 6.07) is 0. The second kappa shape index (κ2) is 6.39. The van der Waals surface area contributed by atoms with E-state index in [1.807, 2.05) is 27.7 Å². The molecule has 3 atom stereocenters. The van der Waals surface area contributed by atoms with Crippen LogP contribution >= 0.6 is 0 Å². The van der Waals surface area contributed by atoms with E-state index in [0.29, 0.717) is 5.76 Å². The molecular weight excluding hydrogens is 256 g/mol. The molecule has 0 aromatic carbocycles. The molecule has 0 bridgehead atoms. The van der Waals surface area contributed by atoms with Crippen molar-refractivity contribution < 1.29 is 14.4 Å². The molecule has 0 aliphatic rings. The van der Waals surface area contributed by atoms with Crippen LogP contribution in [0, 0.1) is 19.8 Å². The van der Waals surface area contributed by atoms with Crippen LogP contribution in [0.1, 0.15) is 57.1 Å². The number of nitrogens with one attached hydrogen (secondary N) is 1. The molecule has 1 rings (SSSR count). The summed E-state index contributed by atoms with van der Waals surface area (Å²) in [6.45, 7) is 11.4. The summed E-state index contributed by atoms with van der Waals surface area (Å²) >= 11 is 0. The second-order valence-electron chi connectivity index (χ2n) is 5.84. The van der Waals surface area contributed by atoms with Crippen LogP contribution in [0.2, 0.25) is 0 Å². The highest BCUT2D eigenvalue weighted by Crippen LogP contribution is 2.24. The maximum absolute atomic E-state index is 12.2. The van der Waals surface area contributed by atoms with Gasteiger partial charge in [-0.15, -0.1) is 0 Å². The smallest absolute Gasteiger partial charge is 0.227 e. The number of aromatic nitrogens is 1. The summed E-state index contributed by atoms with van der Waals surface area (Å²) < 4.78 is 5.09. The summed E-state index contributed by atoms with van der Waals surface area (Å²) in [4.78, 5) is 12.2. The molecule has 0 fully saturated rings. The van der Waals surface area contributed by atoms with Crippen molar-refractivity contribution in [2.45, 2.75) is 59.5 Å². The fourth-order valence-corrected chi connectivity index (χ4v) is 2.27. The molecule has 1 heterocycles. The summed E-state index contributed by atoms with van der Waals surface area (Å²) in [5, 5.41) is 17.0. The minimum absolute atomic E-state index is 0.122. The lowest BCUT2D eigenvalue weighted by atomic mass is 9.88. The van der Waals surface area contributed by atoms with Crippen LogP contribution in [-0.2, 0) is 4.79 Å². The van der Waals surface area contributed by atoms with Crippen molar-refractivity contribution >= 4 is 5.91 Å². The molecule has 0 saturated heterocycles. The Kier molecular flexibility index (Phi) is 5.34. The van der Waals surface area contributed by atoms with E-state index in [0.717, 1.165) is 17.7 Å². The van der Waals surface area contributed by atoms with Crippen LogP contribution in [0.15, 0.2) is 4.52 Å². The molecule has 1 amide bonds. The monoisotopic (exact) mass is 282 g/mol. The lowest BCUT2D eigenvalue weighted by Crippen LogP contribution is -2.46. The maximum Gasteiger partial charge on any atom is 0.227 e. The van der Waals surface area contributed by atoms with Crippen LogP contribution in [0.3, 0.4) is 0 Å². The average molecular weight is 282 g/mol. The third-order valence-corrected chi connectivity index (χ3v) is 4.21. The van der Waals surface area contributed by atoms with Crippen molar-refractivity contribution in [2.75, 3.05) is 6.54 Å². The molecule has 1 aromatic rings. The molecule has 0 aliphatic carbocycles. The van der Waals surface area contributed by atoms with Gasteiger partial charge < -0.3 is 14.9 Å². The number of aryl methyl sites for hydroxylation is 2. The molecular formula is C15H26N2O3. The molecule has 0 spiro atoms. The minimum Gasteiger partial charge on any atom is -0.388 e. The van der Waals surface area contributed by atoms with Crippen LogP contribution in [0.5, 0.6) is 0 Å². The van der Waals surface area contributed by atoms with Crippen molar-refractivity contribution in [1.82, 2.24) is 10.5 Å². The Morgan fingerprint density at radius 3 is 2.50 bits per heavy atom. The van der Waals surface area contributed by atoms with Crippen LogP contribution in [0.4, 0.5) is 0 Å². The van der Waals surface area contributed by atoms with E-state index in [4.69, 9.17) is 4.52 Å². The third-order valence-electron chi connectivity index (χ3n) is 4.21. The van der Waals surface area contributed by atoms with Gasteiger partial charge in [0.1, 0.15) is 5.76 Å². The summed E-state index contributed by atoms with van der Waals surface area (Å²) in [5.41, 5.74) is 0.660. The first-order valence-corrected chi connectivity index (χ1v) is 7.13. The van der Waals surface area contributed by atoms with Gasteiger partial charge in [-0.05, 0) is 33.6 Å². The Hall–Kier alpha value is -1.36. The second-order valence-corrected chi connectivity index (χ2v) is 5.84. The van der Waals surface area contributed by atoms with Crippen molar-refractivity contribution in [3.8, 4) is 0 Å². The number of hydrogen-bond donors (Lipinski definition) is 2. The summed E-state index contributed by atoms with van der Waals surface area (Å²) in [7, 11) is 0. The lowest BCUT2D eigenvalue weighted by Gasteiger charge is -2.30. The molecule has 1 aromatic heterocycles. The Morgan fingerprint density at radius 2 is 2.05 bits per heavy atom.